The molecular weight excluding hydrogens is 246 g/mol. The van der Waals surface area contributed by atoms with Crippen LogP contribution < -0.4 is 4.90 Å². The molecule has 3 nitrogen and oxygen atoms in total. The summed E-state index contributed by atoms with van der Waals surface area (Å²) in [6, 6.07) is 5.46. The summed E-state index contributed by atoms with van der Waals surface area (Å²) < 4.78 is 0. The number of benzene rings is 1. The molecule has 0 unspecified atom stereocenters. The number of carbonyl (C=O) groups excluding carboxylic acids is 2. The van der Waals surface area contributed by atoms with Crippen molar-refractivity contribution in [3.63, 3.8) is 0 Å². The molecule has 0 saturated heterocycles. The predicted molar refractivity (Wildman–Crippen MR) is 56.8 cm³/mol. The first-order valence-electron chi connectivity index (χ1n) is 4.16. The van der Waals surface area contributed by atoms with Crippen LogP contribution in [0.3, 0.4) is 0 Å². The van der Waals surface area contributed by atoms with Gasteiger partial charge in [-0.25, -0.2) is 0 Å². The standard InChI is InChI=1S/C10H8BrNO2/c1-12-8-3-2-6(5-11)4-7(8)9(13)10(12)14/h2-4H,5H2,1H3. The number of fused-ring (bicyclic) bond motifs is 1. The predicted octanol–water partition coefficient (Wildman–Crippen LogP) is 1.74. The lowest BCUT2D eigenvalue weighted by Crippen LogP contribution is -2.24. The third kappa shape index (κ3) is 1.18. The van der Waals surface area contributed by atoms with Crippen LogP contribution in [0.5, 0.6) is 0 Å². The van der Waals surface area contributed by atoms with Crippen molar-refractivity contribution in [3.05, 3.63) is 29.3 Å². The molecule has 0 saturated carbocycles. The molecule has 1 aromatic rings. The van der Waals surface area contributed by atoms with E-state index < -0.39 is 11.7 Å². The van der Waals surface area contributed by atoms with Gasteiger partial charge in [-0.15, -0.1) is 0 Å². The topological polar surface area (TPSA) is 37.4 Å². The molecule has 0 atom stereocenters. The molecule has 0 radical (unpaired) electrons. The number of likely N-dealkylation sites (N-methyl/N-ethyl adjacent to an activating group) is 1. The molecule has 1 aromatic carbocycles. The van der Waals surface area contributed by atoms with E-state index in [0.717, 1.165) is 5.56 Å². The molecule has 0 N–H and O–H groups in total. The third-order valence-corrected chi connectivity index (χ3v) is 2.97. The van der Waals surface area contributed by atoms with Gasteiger partial charge in [-0.05, 0) is 17.7 Å². The lowest BCUT2D eigenvalue weighted by molar-refractivity contribution is -0.114. The fourth-order valence-corrected chi connectivity index (χ4v) is 1.87. The minimum absolute atomic E-state index is 0.412. The van der Waals surface area contributed by atoms with Gasteiger partial charge in [-0.1, -0.05) is 22.0 Å². The molecule has 1 aliphatic rings. The average Bonchev–Trinajstić information content (AvgIpc) is 2.44. The van der Waals surface area contributed by atoms with Gasteiger partial charge in [-0.3, -0.25) is 9.59 Å². The molecule has 4 heteroatoms. The molecule has 0 fully saturated rings. The number of rotatable bonds is 1. The van der Waals surface area contributed by atoms with Crippen molar-refractivity contribution >= 4 is 33.3 Å². The Kier molecular flexibility index (Phi) is 2.15. The Balaban J connectivity index is 2.59. The summed E-state index contributed by atoms with van der Waals surface area (Å²) in [6.07, 6.45) is 0. The summed E-state index contributed by atoms with van der Waals surface area (Å²) in [5, 5.41) is 0.686. The number of hydrogen-bond acceptors (Lipinski definition) is 2. The Bertz CT molecular complexity index is 428. The summed E-state index contributed by atoms with van der Waals surface area (Å²) in [5.74, 6) is -0.864. The summed E-state index contributed by atoms with van der Waals surface area (Å²) in [6.45, 7) is 0. The van der Waals surface area contributed by atoms with Crippen LogP contribution in [0.15, 0.2) is 18.2 Å². The zero-order valence-electron chi connectivity index (χ0n) is 7.58. The summed E-state index contributed by atoms with van der Waals surface area (Å²) in [7, 11) is 1.61. The van der Waals surface area contributed by atoms with E-state index in [2.05, 4.69) is 15.9 Å². The number of halogens is 1. The van der Waals surface area contributed by atoms with Crippen molar-refractivity contribution in [1.29, 1.82) is 0 Å². The Morgan fingerprint density at radius 2 is 2.07 bits per heavy atom. The molecule has 0 spiro atoms. The second-order valence-corrected chi connectivity index (χ2v) is 3.74. The quantitative estimate of drug-likeness (QED) is 0.565. The summed E-state index contributed by atoms with van der Waals surface area (Å²) in [4.78, 5) is 24.2. The minimum Gasteiger partial charge on any atom is -0.308 e. The first kappa shape index (κ1) is 9.40. The SMILES string of the molecule is CN1C(=O)C(=O)c2cc(CBr)ccc21. The molecule has 0 aliphatic carbocycles. The summed E-state index contributed by atoms with van der Waals surface area (Å²) in [5.41, 5.74) is 2.21. The smallest absolute Gasteiger partial charge is 0.299 e. The van der Waals surface area contributed by atoms with Gasteiger partial charge in [0.1, 0.15) is 0 Å². The van der Waals surface area contributed by atoms with E-state index in [-0.39, 0.29) is 0 Å². The third-order valence-electron chi connectivity index (χ3n) is 2.32. The van der Waals surface area contributed by atoms with Gasteiger partial charge in [-0.2, -0.15) is 0 Å². The fraction of sp³-hybridized carbons (Fsp3) is 0.200. The molecule has 1 amide bonds. The van der Waals surface area contributed by atoms with Crippen molar-refractivity contribution in [1.82, 2.24) is 0 Å². The van der Waals surface area contributed by atoms with E-state index >= 15 is 0 Å². The van der Waals surface area contributed by atoms with Crippen LogP contribution >= 0.6 is 15.9 Å². The first-order valence-corrected chi connectivity index (χ1v) is 5.28. The highest BCUT2D eigenvalue weighted by Gasteiger charge is 2.33. The minimum atomic E-state index is -0.452. The van der Waals surface area contributed by atoms with Gasteiger partial charge in [0.25, 0.3) is 11.7 Å². The highest BCUT2D eigenvalue weighted by Crippen LogP contribution is 2.28. The Hall–Kier alpha value is -1.16. The largest absolute Gasteiger partial charge is 0.308 e. The van der Waals surface area contributed by atoms with Crippen LogP contribution in [0.1, 0.15) is 15.9 Å². The van der Waals surface area contributed by atoms with Crippen molar-refractivity contribution in [2.45, 2.75) is 5.33 Å². The average molecular weight is 254 g/mol. The summed E-state index contributed by atoms with van der Waals surface area (Å²) >= 11 is 3.31. The Morgan fingerprint density at radius 3 is 2.71 bits per heavy atom. The second kappa shape index (κ2) is 3.20. The first-order chi connectivity index (χ1) is 6.65. The number of Topliss-reactive ketones (excluding diaryl/α,β-unsaturated/α-hetero) is 1. The number of alkyl halides is 1. The lowest BCUT2D eigenvalue weighted by atomic mass is 10.1. The second-order valence-electron chi connectivity index (χ2n) is 3.18. The van der Waals surface area contributed by atoms with Crippen molar-refractivity contribution < 1.29 is 9.59 Å². The molecule has 72 valence electrons. The highest BCUT2D eigenvalue weighted by molar-refractivity contribution is 9.08. The van der Waals surface area contributed by atoms with Crippen molar-refractivity contribution in [2.75, 3.05) is 11.9 Å². The van der Waals surface area contributed by atoms with Gasteiger partial charge in [0.05, 0.1) is 11.3 Å². The van der Waals surface area contributed by atoms with E-state index in [0.29, 0.717) is 16.6 Å². The number of ketones is 1. The van der Waals surface area contributed by atoms with Gasteiger partial charge in [0.2, 0.25) is 0 Å². The van der Waals surface area contributed by atoms with Crippen LogP contribution in [0.25, 0.3) is 0 Å². The van der Waals surface area contributed by atoms with Crippen LogP contribution in [-0.4, -0.2) is 18.7 Å². The number of anilines is 1. The molecule has 0 aromatic heterocycles. The highest BCUT2D eigenvalue weighted by atomic mass is 79.9. The Labute approximate surface area is 89.8 Å². The number of carbonyl (C=O) groups is 2. The maximum absolute atomic E-state index is 11.5. The van der Waals surface area contributed by atoms with E-state index in [1.54, 1.807) is 19.2 Å². The van der Waals surface area contributed by atoms with Crippen LogP contribution in [-0.2, 0) is 10.1 Å². The number of nitrogens with zero attached hydrogens (tertiary/aromatic N) is 1. The van der Waals surface area contributed by atoms with E-state index in [1.165, 1.54) is 4.90 Å². The van der Waals surface area contributed by atoms with Crippen LogP contribution in [0, 0.1) is 0 Å². The van der Waals surface area contributed by atoms with Crippen LogP contribution in [0.4, 0.5) is 5.69 Å². The van der Waals surface area contributed by atoms with Crippen molar-refractivity contribution in [3.8, 4) is 0 Å². The Morgan fingerprint density at radius 1 is 1.36 bits per heavy atom. The molecule has 0 bridgehead atoms. The molecule has 14 heavy (non-hydrogen) atoms. The van der Waals surface area contributed by atoms with Crippen molar-refractivity contribution in [2.24, 2.45) is 0 Å². The molecule has 2 rings (SSSR count). The lowest BCUT2D eigenvalue weighted by Gasteiger charge is -2.08. The molecule has 1 aliphatic heterocycles. The van der Waals surface area contributed by atoms with Gasteiger partial charge in [0.15, 0.2) is 0 Å². The fourth-order valence-electron chi connectivity index (χ4n) is 1.52. The van der Waals surface area contributed by atoms with Crippen LogP contribution in [0.2, 0.25) is 0 Å². The van der Waals surface area contributed by atoms with Gasteiger partial charge >= 0.3 is 0 Å². The zero-order chi connectivity index (χ0) is 10.3. The normalized spacial score (nSPS) is 14.9. The zero-order valence-corrected chi connectivity index (χ0v) is 9.17. The number of amides is 1. The van der Waals surface area contributed by atoms with E-state index in [9.17, 15) is 9.59 Å². The number of hydrogen-bond donors (Lipinski definition) is 0. The monoisotopic (exact) mass is 253 g/mol. The molecule has 1 heterocycles. The maximum Gasteiger partial charge on any atom is 0.299 e. The van der Waals surface area contributed by atoms with Gasteiger partial charge < -0.3 is 4.90 Å². The van der Waals surface area contributed by atoms with E-state index in [4.69, 9.17) is 0 Å². The van der Waals surface area contributed by atoms with E-state index in [1.807, 2.05) is 6.07 Å². The maximum atomic E-state index is 11.5. The molecular formula is C10H8BrNO2. The van der Waals surface area contributed by atoms with Gasteiger partial charge in [0, 0.05) is 12.4 Å².